The predicted molar refractivity (Wildman–Crippen MR) is 97.0 cm³/mol. The van der Waals surface area contributed by atoms with E-state index < -0.39 is 14.9 Å². The van der Waals surface area contributed by atoms with Gasteiger partial charge in [0, 0.05) is 36.7 Å². The first-order chi connectivity index (χ1) is 11.9. The fraction of sp³-hybridized carbons (Fsp3) is 0.312. The molecule has 2 aromatic rings. The second kappa shape index (κ2) is 8.41. The van der Waals surface area contributed by atoms with E-state index in [9.17, 15) is 18.5 Å². The van der Waals surface area contributed by atoms with Crippen molar-refractivity contribution < 1.29 is 13.3 Å². The zero-order valence-corrected chi connectivity index (χ0v) is 15.6. The van der Waals surface area contributed by atoms with Crippen molar-refractivity contribution in [2.24, 2.45) is 0 Å². The molecule has 7 nitrogen and oxygen atoms in total. The zero-order valence-electron chi connectivity index (χ0n) is 14.0. The standard InChI is InChI=1S/C16H19N3O4S2/c1-3-18(4-2)25(22,23)14-9-10-16(17-11-14)24-12-13-7-5-6-8-15(13)19(20)21/h5-11H,3-4,12H2,1-2H3. The lowest BCUT2D eigenvalue weighted by atomic mass is 10.2. The molecule has 0 N–H and O–H groups in total. The molecule has 134 valence electrons. The summed E-state index contributed by atoms with van der Waals surface area (Å²) >= 11 is 1.32. The number of aromatic nitrogens is 1. The molecule has 0 atom stereocenters. The van der Waals surface area contributed by atoms with Crippen LogP contribution >= 0.6 is 11.8 Å². The van der Waals surface area contributed by atoms with Crippen LogP contribution in [0.3, 0.4) is 0 Å². The minimum atomic E-state index is -3.53. The SMILES string of the molecule is CCN(CC)S(=O)(=O)c1ccc(SCc2ccccc2[N+](=O)[O-])nc1. The van der Waals surface area contributed by atoms with Crippen LogP contribution in [-0.4, -0.2) is 35.7 Å². The number of nitrogens with zero attached hydrogens (tertiary/aromatic N) is 3. The van der Waals surface area contributed by atoms with E-state index in [1.54, 1.807) is 38.1 Å². The summed E-state index contributed by atoms with van der Waals surface area (Å²) in [7, 11) is -3.53. The smallest absolute Gasteiger partial charge is 0.258 e. The van der Waals surface area contributed by atoms with Gasteiger partial charge in [0.2, 0.25) is 10.0 Å². The maximum Gasteiger partial charge on any atom is 0.273 e. The van der Waals surface area contributed by atoms with Crippen LogP contribution in [0, 0.1) is 10.1 Å². The molecule has 1 aromatic carbocycles. The summed E-state index contributed by atoms with van der Waals surface area (Å²) in [6, 6.07) is 9.67. The van der Waals surface area contributed by atoms with E-state index in [1.807, 2.05) is 0 Å². The van der Waals surface area contributed by atoms with E-state index >= 15 is 0 Å². The molecule has 0 amide bonds. The quantitative estimate of drug-likeness (QED) is 0.396. The Balaban J connectivity index is 2.13. The summed E-state index contributed by atoms with van der Waals surface area (Å²) < 4.78 is 26.2. The second-order valence-electron chi connectivity index (χ2n) is 5.10. The Morgan fingerprint density at radius 2 is 1.84 bits per heavy atom. The van der Waals surface area contributed by atoms with Crippen molar-refractivity contribution in [3.8, 4) is 0 Å². The number of hydrogen-bond acceptors (Lipinski definition) is 6. The molecule has 2 rings (SSSR count). The number of sulfonamides is 1. The maximum absolute atomic E-state index is 12.4. The van der Waals surface area contributed by atoms with Crippen LogP contribution < -0.4 is 0 Å². The monoisotopic (exact) mass is 381 g/mol. The molecule has 0 fully saturated rings. The Bertz CT molecular complexity index is 835. The van der Waals surface area contributed by atoms with Gasteiger partial charge in [0.25, 0.3) is 5.69 Å². The summed E-state index contributed by atoms with van der Waals surface area (Å²) in [6.45, 7) is 4.36. The summed E-state index contributed by atoms with van der Waals surface area (Å²) in [5, 5.41) is 11.6. The fourth-order valence-electron chi connectivity index (χ4n) is 2.28. The third-order valence-electron chi connectivity index (χ3n) is 3.62. The van der Waals surface area contributed by atoms with Crippen LogP contribution in [-0.2, 0) is 15.8 Å². The molecule has 0 aliphatic carbocycles. The van der Waals surface area contributed by atoms with Crippen molar-refractivity contribution in [1.82, 2.24) is 9.29 Å². The third-order valence-corrected chi connectivity index (χ3v) is 6.64. The number of nitro groups is 1. The molecule has 0 aliphatic heterocycles. The molecular weight excluding hydrogens is 362 g/mol. The second-order valence-corrected chi connectivity index (χ2v) is 8.03. The highest BCUT2D eigenvalue weighted by Gasteiger charge is 2.21. The Kier molecular flexibility index (Phi) is 6.51. The highest BCUT2D eigenvalue weighted by atomic mass is 32.2. The van der Waals surface area contributed by atoms with Crippen molar-refractivity contribution >= 4 is 27.5 Å². The van der Waals surface area contributed by atoms with Crippen molar-refractivity contribution in [1.29, 1.82) is 0 Å². The first-order valence-corrected chi connectivity index (χ1v) is 10.1. The normalized spacial score (nSPS) is 11.6. The molecule has 25 heavy (non-hydrogen) atoms. The number of nitro benzene ring substituents is 1. The molecule has 1 aromatic heterocycles. The largest absolute Gasteiger partial charge is 0.273 e. The Labute approximate surface area is 151 Å². The summed E-state index contributed by atoms with van der Waals surface area (Å²) in [5.74, 6) is 0.381. The van der Waals surface area contributed by atoms with Gasteiger partial charge in [-0.15, -0.1) is 11.8 Å². The predicted octanol–water partition coefficient (Wildman–Crippen LogP) is 3.31. The lowest BCUT2D eigenvalue weighted by molar-refractivity contribution is -0.385. The lowest BCUT2D eigenvalue weighted by Gasteiger charge is -2.18. The van der Waals surface area contributed by atoms with Gasteiger partial charge in [0.15, 0.2) is 0 Å². The lowest BCUT2D eigenvalue weighted by Crippen LogP contribution is -2.30. The van der Waals surface area contributed by atoms with Crippen molar-refractivity contribution in [3.63, 3.8) is 0 Å². The third kappa shape index (κ3) is 4.56. The minimum absolute atomic E-state index is 0.0655. The summed E-state index contributed by atoms with van der Waals surface area (Å²) in [5.41, 5.74) is 0.662. The van der Waals surface area contributed by atoms with Crippen LogP contribution in [0.4, 0.5) is 5.69 Å². The van der Waals surface area contributed by atoms with Gasteiger partial charge >= 0.3 is 0 Å². The van der Waals surface area contributed by atoms with E-state index in [2.05, 4.69) is 4.98 Å². The number of para-hydroxylation sites is 1. The van der Waals surface area contributed by atoms with Gasteiger partial charge in [-0.3, -0.25) is 10.1 Å². The van der Waals surface area contributed by atoms with Gasteiger partial charge in [-0.2, -0.15) is 4.31 Å². The Hall–Kier alpha value is -1.97. The molecule has 9 heteroatoms. The molecule has 0 unspecified atom stereocenters. The van der Waals surface area contributed by atoms with Crippen LogP contribution in [0.2, 0.25) is 0 Å². The number of thioether (sulfide) groups is 1. The van der Waals surface area contributed by atoms with Crippen LogP contribution in [0.25, 0.3) is 0 Å². The number of rotatable bonds is 8. The van der Waals surface area contributed by atoms with E-state index in [0.29, 0.717) is 29.4 Å². The molecule has 0 radical (unpaired) electrons. The van der Waals surface area contributed by atoms with E-state index in [-0.39, 0.29) is 10.6 Å². The van der Waals surface area contributed by atoms with Gasteiger partial charge in [0.05, 0.1) is 9.95 Å². The summed E-state index contributed by atoms with van der Waals surface area (Å²) in [6.07, 6.45) is 1.33. The molecule has 1 heterocycles. The van der Waals surface area contributed by atoms with Crippen LogP contribution in [0.1, 0.15) is 19.4 Å². The van der Waals surface area contributed by atoms with Crippen LogP contribution in [0.15, 0.2) is 52.5 Å². The number of hydrogen-bond donors (Lipinski definition) is 0. The van der Waals surface area contributed by atoms with Gasteiger partial charge in [-0.25, -0.2) is 13.4 Å². The molecule has 0 spiro atoms. The van der Waals surface area contributed by atoms with Crippen molar-refractivity contribution in [2.45, 2.75) is 29.5 Å². The molecule has 0 saturated heterocycles. The molecule has 0 saturated carbocycles. The van der Waals surface area contributed by atoms with Gasteiger partial charge in [0.1, 0.15) is 4.90 Å². The highest BCUT2D eigenvalue weighted by Crippen LogP contribution is 2.27. The van der Waals surface area contributed by atoms with Crippen LogP contribution in [0.5, 0.6) is 0 Å². The Morgan fingerprint density at radius 1 is 1.16 bits per heavy atom. The van der Waals surface area contributed by atoms with Gasteiger partial charge in [-0.1, -0.05) is 32.0 Å². The average Bonchev–Trinajstić information content (AvgIpc) is 2.61. The number of pyridine rings is 1. The van der Waals surface area contributed by atoms with Crippen molar-refractivity contribution in [3.05, 3.63) is 58.3 Å². The zero-order chi connectivity index (χ0) is 18.4. The molecular formula is C16H19N3O4S2. The molecule has 0 bridgehead atoms. The van der Waals surface area contributed by atoms with E-state index in [0.717, 1.165) is 0 Å². The van der Waals surface area contributed by atoms with E-state index in [4.69, 9.17) is 0 Å². The first kappa shape index (κ1) is 19.4. The summed E-state index contributed by atoms with van der Waals surface area (Å²) in [4.78, 5) is 14.9. The first-order valence-electron chi connectivity index (χ1n) is 7.71. The Morgan fingerprint density at radius 3 is 2.40 bits per heavy atom. The van der Waals surface area contributed by atoms with Crippen molar-refractivity contribution in [2.75, 3.05) is 13.1 Å². The van der Waals surface area contributed by atoms with Gasteiger partial charge < -0.3 is 0 Å². The minimum Gasteiger partial charge on any atom is -0.258 e. The number of benzene rings is 1. The molecule has 0 aliphatic rings. The topological polar surface area (TPSA) is 93.4 Å². The maximum atomic E-state index is 12.4. The average molecular weight is 381 g/mol. The fourth-order valence-corrected chi connectivity index (χ4v) is 4.52. The van der Waals surface area contributed by atoms with Gasteiger partial charge in [-0.05, 0) is 12.1 Å². The van der Waals surface area contributed by atoms with E-state index in [1.165, 1.54) is 34.4 Å². The highest BCUT2D eigenvalue weighted by molar-refractivity contribution is 7.98.